The van der Waals surface area contributed by atoms with E-state index in [9.17, 15) is 14.0 Å². The summed E-state index contributed by atoms with van der Waals surface area (Å²) in [5.74, 6) is -0.313. The molecule has 0 aliphatic carbocycles. The van der Waals surface area contributed by atoms with Gasteiger partial charge in [0.05, 0.1) is 29.4 Å². The number of fused-ring (bicyclic) bond motifs is 1. The van der Waals surface area contributed by atoms with Crippen LogP contribution in [0.5, 0.6) is 5.75 Å². The number of ether oxygens (including phenoxy) is 1. The van der Waals surface area contributed by atoms with Gasteiger partial charge in [-0.1, -0.05) is 0 Å². The third kappa shape index (κ3) is 3.69. The van der Waals surface area contributed by atoms with Crippen molar-refractivity contribution >= 4 is 45.0 Å². The van der Waals surface area contributed by atoms with Crippen molar-refractivity contribution in [1.82, 2.24) is 9.13 Å². The van der Waals surface area contributed by atoms with Crippen molar-refractivity contribution in [2.75, 3.05) is 18.5 Å². The Balaban J connectivity index is 2.29. The molecule has 0 spiro atoms. The molecule has 0 amide bonds. The average molecular weight is 485 g/mol. The number of nitrogens with zero attached hydrogens (tertiary/aromatic N) is 2. The minimum absolute atomic E-state index is 0.0313. The summed E-state index contributed by atoms with van der Waals surface area (Å²) in [6, 6.07) is 5.93. The van der Waals surface area contributed by atoms with Gasteiger partial charge in [0.2, 0.25) is 5.43 Å². The van der Waals surface area contributed by atoms with Crippen LogP contribution in [0.2, 0.25) is 0 Å². The normalized spacial score (nSPS) is 11.0. The number of aryl methyl sites for hydroxylation is 1. The topological polar surface area (TPSA) is 85.5 Å². The number of aromatic nitrogens is 2. The van der Waals surface area contributed by atoms with Crippen molar-refractivity contribution in [1.29, 1.82) is 0 Å². The van der Waals surface area contributed by atoms with Gasteiger partial charge in [-0.25, -0.2) is 4.39 Å². The molecule has 0 radical (unpaired) electrons. The molecule has 7 nitrogen and oxygen atoms in total. The molecule has 27 heavy (non-hydrogen) atoms. The average Bonchev–Trinajstić information content (AvgIpc) is 2.62. The van der Waals surface area contributed by atoms with E-state index < -0.39 is 11.2 Å². The Morgan fingerprint density at radius 2 is 2.00 bits per heavy atom. The largest absolute Gasteiger partial charge is 0.486 e. The maximum Gasteiger partial charge on any atom is 0.253 e. The summed E-state index contributed by atoms with van der Waals surface area (Å²) in [5.41, 5.74) is -0.287. The van der Waals surface area contributed by atoms with Gasteiger partial charge >= 0.3 is 0 Å². The summed E-state index contributed by atoms with van der Waals surface area (Å²) < 4.78 is 23.2. The first kappa shape index (κ1) is 19.4. The molecule has 9 heteroatoms. The second kappa shape index (κ2) is 7.69. The van der Waals surface area contributed by atoms with Gasteiger partial charge in [-0.05, 0) is 40.8 Å². The standard InChI is InChI=1S/C18H17FIN3O4/c1-22-9-14(27-6-5-24)17(26)16-13(22)8-15(25)23(2)18(16)21-12-4-3-10(20)7-11(12)19/h3-4,7-9,21,24H,5-6H2,1-2H3. The van der Waals surface area contributed by atoms with E-state index in [4.69, 9.17) is 9.84 Å². The Morgan fingerprint density at radius 3 is 2.67 bits per heavy atom. The molecule has 0 aliphatic rings. The van der Waals surface area contributed by atoms with E-state index in [1.807, 2.05) is 22.6 Å². The highest BCUT2D eigenvalue weighted by Gasteiger charge is 2.17. The molecule has 0 fully saturated rings. The van der Waals surface area contributed by atoms with Gasteiger partial charge < -0.3 is 19.7 Å². The predicted octanol–water partition coefficient (Wildman–Crippen LogP) is 2.10. The highest BCUT2D eigenvalue weighted by molar-refractivity contribution is 14.1. The lowest BCUT2D eigenvalue weighted by Crippen LogP contribution is -2.24. The third-order valence-corrected chi connectivity index (χ3v) is 4.76. The highest BCUT2D eigenvalue weighted by atomic mass is 127. The molecule has 0 saturated carbocycles. The second-order valence-electron chi connectivity index (χ2n) is 5.91. The van der Waals surface area contributed by atoms with E-state index in [-0.39, 0.29) is 41.4 Å². The fraction of sp³-hybridized carbons (Fsp3) is 0.222. The third-order valence-electron chi connectivity index (χ3n) is 4.09. The van der Waals surface area contributed by atoms with Crippen LogP contribution >= 0.6 is 22.6 Å². The first-order chi connectivity index (χ1) is 12.8. The van der Waals surface area contributed by atoms with Crippen molar-refractivity contribution in [3.8, 4) is 5.75 Å². The van der Waals surface area contributed by atoms with Crippen LogP contribution in [0.3, 0.4) is 0 Å². The zero-order valence-corrected chi connectivity index (χ0v) is 16.8. The van der Waals surface area contributed by atoms with E-state index >= 15 is 0 Å². The number of hydrogen-bond acceptors (Lipinski definition) is 5. The molecule has 0 bridgehead atoms. The summed E-state index contributed by atoms with van der Waals surface area (Å²) in [6.45, 7) is -0.283. The smallest absolute Gasteiger partial charge is 0.253 e. The Kier molecular flexibility index (Phi) is 5.51. The van der Waals surface area contributed by atoms with Crippen LogP contribution in [-0.4, -0.2) is 27.5 Å². The van der Waals surface area contributed by atoms with Gasteiger partial charge in [-0.3, -0.25) is 14.2 Å². The van der Waals surface area contributed by atoms with E-state index in [1.165, 1.54) is 36.0 Å². The number of pyridine rings is 2. The molecular weight excluding hydrogens is 468 g/mol. The van der Waals surface area contributed by atoms with E-state index in [0.717, 1.165) is 3.57 Å². The van der Waals surface area contributed by atoms with Crippen molar-refractivity contribution < 1.29 is 14.2 Å². The summed E-state index contributed by atoms with van der Waals surface area (Å²) in [7, 11) is 3.16. The summed E-state index contributed by atoms with van der Waals surface area (Å²) >= 11 is 1.99. The van der Waals surface area contributed by atoms with Crippen LogP contribution < -0.4 is 21.0 Å². The molecule has 2 heterocycles. The molecule has 0 unspecified atom stereocenters. The molecule has 2 aromatic heterocycles. The quantitative estimate of drug-likeness (QED) is 0.541. The monoisotopic (exact) mass is 485 g/mol. The first-order valence-electron chi connectivity index (χ1n) is 8.02. The maximum atomic E-state index is 14.3. The Bertz CT molecular complexity index is 1140. The molecule has 3 rings (SSSR count). The number of aliphatic hydroxyl groups excluding tert-OH is 1. The molecule has 3 aromatic rings. The Labute approximate surface area is 167 Å². The number of benzene rings is 1. The predicted molar refractivity (Wildman–Crippen MR) is 109 cm³/mol. The minimum Gasteiger partial charge on any atom is -0.486 e. The first-order valence-corrected chi connectivity index (χ1v) is 9.10. The van der Waals surface area contributed by atoms with E-state index in [2.05, 4.69) is 5.32 Å². The van der Waals surface area contributed by atoms with Crippen LogP contribution in [0.1, 0.15) is 0 Å². The van der Waals surface area contributed by atoms with Gasteiger partial charge in [0.1, 0.15) is 18.2 Å². The Morgan fingerprint density at radius 1 is 1.26 bits per heavy atom. The molecule has 0 atom stereocenters. The van der Waals surface area contributed by atoms with Crippen LogP contribution in [0.15, 0.2) is 40.1 Å². The number of halogens is 2. The minimum atomic E-state index is -0.504. The number of hydrogen-bond donors (Lipinski definition) is 2. The van der Waals surface area contributed by atoms with Crippen LogP contribution in [-0.2, 0) is 14.1 Å². The summed E-state index contributed by atoms with van der Waals surface area (Å²) in [5, 5.41) is 12.0. The van der Waals surface area contributed by atoms with Gasteiger partial charge in [-0.15, -0.1) is 0 Å². The fourth-order valence-electron chi connectivity index (χ4n) is 2.74. The maximum absolute atomic E-state index is 14.3. The van der Waals surface area contributed by atoms with Crippen molar-refractivity contribution in [2.24, 2.45) is 14.1 Å². The lowest BCUT2D eigenvalue weighted by Gasteiger charge is -2.17. The van der Waals surface area contributed by atoms with Crippen molar-refractivity contribution in [2.45, 2.75) is 0 Å². The second-order valence-corrected chi connectivity index (χ2v) is 7.15. The van der Waals surface area contributed by atoms with E-state index in [1.54, 1.807) is 17.7 Å². The zero-order chi connectivity index (χ0) is 19.7. The Hall–Kier alpha value is -2.40. The highest BCUT2D eigenvalue weighted by Crippen LogP contribution is 2.26. The SMILES string of the molecule is Cn1c(Nc2ccc(I)cc2F)c2c(=O)c(OCCO)cn(C)c2cc1=O. The fourth-order valence-corrected chi connectivity index (χ4v) is 3.19. The van der Waals surface area contributed by atoms with Crippen LogP contribution in [0.25, 0.3) is 10.9 Å². The van der Waals surface area contributed by atoms with Gasteiger partial charge in [0, 0.05) is 23.7 Å². The number of aliphatic hydroxyl groups is 1. The van der Waals surface area contributed by atoms with Crippen LogP contribution in [0, 0.1) is 9.39 Å². The number of nitrogens with one attached hydrogen (secondary N) is 1. The van der Waals surface area contributed by atoms with Crippen molar-refractivity contribution in [3.05, 3.63) is 60.4 Å². The van der Waals surface area contributed by atoms with Crippen molar-refractivity contribution in [3.63, 3.8) is 0 Å². The molecule has 2 N–H and O–H groups in total. The lowest BCUT2D eigenvalue weighted by atomic mass is 10.2. The number of rotatable bonds is 5. The lowest BCUT2D eigenvalue weighted by molar-refractivity contribution is 0.200. The summed E-state index contributed by atoms with van der Waals surface area (Å²) in [4.78, 5) is 25.3. The molecular formula is C18H17FIN3O4. The summed E-state index contributed by atoms with van der Waals surface area (Å²) in [6.07, 6.45) is 1.45. The molecule has 0 aliphatic heterocycles. The van der Waals surface area contributed by atoms with Crippen LogP contribution in [0.4, 0.5) is 15.9 Å². The van der Waals surface area contributed by atoms with Gasteiger partial charge in [0.15, 0.2) is 5.75 Å². The molecule has 142 valence electrons. The number of anilines is 2. The molecule has 0 saturated heterocycles. The molecule has 1 aromatic carbocycles. The van der Waals surface area contributed by atoms with Gasteiger partial charge in [0.25, 0.3) is 5.56 Å². The van der Waals surface area contributed by atoms with Gasteiger partial charge in [-0.2, -0.15) is 0 Å². The zero-order valence-electron chi connectivity index (χ0n) is 14.6. The van der Waals surface area contributed by atoms with E-state index in [0.29, 0.717) is 5.52 Å².